The maximum absolute atomic E-state index is 6.19. The largest absolute Gasteiger partial charge is 0.488 e. The Morgan fingerprint density at radius 3 is 2.28 bits per heavy atom. The lowest BCUT2D eigenvalue weighted by Crippen LogP contribution is -2.04. The minimum Gasteiger partial charge on any atom is -0.488 e. The summed E-state index contributed by atoms with van der Waals surface area (Å²) in [6.07, 6.45) is 0. The van der Waals surface area contributed by atoms with E-state index < -0.39 is 0 Å². The number of hydrogen-bond acceptors (Lipinski definition) is 2. The molecule has 0 bridgehead atoms. The third-order valence-corrected chi connectivity index (χ3v) is 4.64. The van der Waals surface area contributed by atoms with Crippen molar-refractivity contribution >= 4 is 40.5 Å². The second kappa shape index (κ2) is 8.48. The van der Waals surface area contributed by atoms with Crippen LogP contribution in [0.1, 0.15) is 11.1 Å². The van der Waals surface area contributed by atoms with Crippen molar-refractivity contribution in [1.82, 2.24) is 0 Å². The van der Waals surface area contributed by atoms with Crippen molar-refractivity contribution in [3.8, 4) is 5.75 Å². The highest BCUT2D eigenvalue weighted by Gasteiger charge is 2.07. The van der Waals surface area contributed by atoms with E-state index in [4.69, 9.17) is 39.5 Å². The SMILES string of the molecule is Clc1ccc(Cl)c(NCc2ccccc2OCc2ccccc2Cl)c1. The molecule has 1 N–H and O–H groups in total. The molecule has 0 amide bonds. The van der Waals surface area contributed by atoms with Gasteiger partial charge in [0.25, 0.3) is 0 Å². The molecule has 0 fully saturated rings. The zero-order valence-corrected chi connectivity index (χ0v) is 15.6. The summed E-state index contributed by atoms with van der Waals surface area (Å²) >= 11 is 18.4. The van der Waals surface area contributed by atoms with Crippen LogP contribution in [0.2, 0.25) is 15.1 Å². The molecule has 0 aliphatic heterocycles. The Balaban J connectivity index is 1.70. The van der Waals surface area contributed by atoms with Gasteiger partial charge in [-0.2, -0.15) is 0 Å². The monoisotopic (exact) mass is 391 g/mol. The van der Waals surface area contributed by atoms with E-state index in [2.05, 4.69) is 5.32 Å². The highest BCUT2D eigenvalue weighted by Crippen LogP contribution is 2.27. The Bertz CT molecular complexity index is 867. The number of para-hydroxylation sites is 1. The number of benzene rings is 3. The maximum atomic E-state index is 6.19. The molecule has 3 aromatic carbocycles. The molecule has 0 aliphatic carbocycles. The number of hydrogen-bond donors (Lipinski definition) is 1. The molecule has 0 aromatic heterocycles. The minimum atomic E-state index is 0.411. The summed E-state index contributed by atoms with van der Waals surface area (Å²) in [7, 11) is 0. The zero-order valence-electron chi connectivity index (χ0n) is 13.3. The average molecular weight is 393 g/mol. The van der Waals surface area contributed by atoms with Crippen LogP contribution in [0, 0.1) is 0 Å². The molecule has 0 atom stereocenters. The van der Waals surface area contributed by atoms with Crippen LogP contribution in [0.25, 0.3) is 0 Å². The fourth-order valence-corrected chi connectivity index (χ4v) is 2.93. The van der Waals surface area contributed by atoms with Gasteiger partial charge in [-0.1, -0.05) is 71.2 Å². The predicted molar refractivity (Wildman–Crippen MR) is 106 cm³/mol. The van der Waals surface area contributed by atoms with Crippen LogP contribution < -0.4 is 10.1 Å². The van der Waals surface area contributed by atoms with Gasteiger partial charge in [-0.15, -0.1) is 0 Å². The first-order valence-electron chi connectivity index (χ1n) is 7.76. The van der Waals surface area contributed by atoms with Crippen LogP contribution in [-0.4, -0.2) is 0 Å². The van der Waals surface area contributed by atoms with Gasteiger partial charge in [0.1, 0.15) is 12.4 Å². The standard InChI is InChI=1S/C20H16Cl3NO/c21-16-9-10-18(23)19(11-16)24-12-14-5-2-4-8-20(14)25-13-15-6-1-3-7-17(15)22/h1-11,24H,12-13H2. The number of anilines is 1. The lowest BCUT2D eigenvalue weighted by Gasteiger charge is -2.14. The van der Waals surface area contributed by atoms with Crippen molar-refractivity contribution in [2.24, 2.45) is 0 Å². The topological polar surface area (TPSA) is 21.3 Å². The van der Waals surface area contributed by atoms with Gasteiger partial charge in [-0.25, -0.2) is 0 Å². The molecule has 0 saturated heterocycles. The number of ether oxygens (including phenoxy) is 1. The summed E-state index contributed by atoms with van der Waals surface area (Å²) in [4.78, 5) is 0. The summed E-state index contributed by atoms with van der Waals surface area (Å²) in [6, 6.07) is 20.8. The van der Waals surface area contributed by atoms with Gasteiger partial charge in [0.05, 0.1) is 10.7 Å². The molecule has 0 spiro atoms. The first-order chi connectivity index (χ1) is 12.1. The van der Waals surface area contributed by atoms with Crippen LogP contribution in [-0.2, 0) is 13.2 Å². The lowest BCUT2D eigenvalue weighted by molar-refractivity contribution is 0.303. The molecule has 25 heavy (non-hydrogen) atoms. The van der Waals surface area contributed by atoms with E-state index in [0.717, 1.165) is 22.6 Å². The van der Waals surface area contributed by atoms with Gasteiger partial charge in [-0.05, 0) is 30.3 Å². The maximum Gasteiger partial charge on any atom is 0.124 e. The van der Waals surface area contributed by atoms with E-state index >= 15 is 0 Å². The molecule has 0 saturated carbocycles. The Kier molecular flexibility index (Phi) is 6.09. The lowest BCUT2D eigenvalue weighted by atomic mass is 10.2. The van der Waals surface area contributed by atoms with Crippen LogP contribution in [0.3, 0.4) is 0 Å². The number of nitrogens with one attached hydrogen (secondary N) is 1. The predicted octanol–water partition coefficient (Wildman–Crippen LogP) is 6.84. The smallest absolute Gasteiger partial charge is 0.124 e. The fraction of sp³-hybridized carbons (Fsp3) is 0.100. The summed E-state index contributed by atoms with van der Waals surface area (Å²) in [6.45, 7) is 0.980. The van der Waals surface area contributed by atoms with Gasteiger partial charge in [0, 0.05) is 27.7 Å². The van der Waals surface area contributed by atoms with Crippen molar-refractivity contribution in [1.29, 1.82) is 0 Å². The van der Waals surface area contributed by atoms with Crippen LogP contribution in [0.5, 0.6) is 5.75 Å². The second-order valence-corrected chi connectivity index (χ2v) is 6.72. The molecule has 0 radical (unpaired) electrons. The Labute approximate surface area is 162 Å². The van der Waals surface area contributed by atoms with Crippen molar-refractivity contribution in [2.75, 3.05) is 5.32 Å². The Morgan fingerprint density at radius 2 is 1.48 bits per heavy atom. The van der Waals surface area contributed by atoms with E-state index in [9.17, 15) is 0 Å². The second-order valence-electron chi connectivity index (χ2n) is 5.47. The first kappa shape index (κ1) is 17.9. The number of rotatable bonds is 6. The van der Waals surface area contributed by atoms with Crippen molar-refractivity contribution in [2.45, 2.75) is 13.2 Å². The van der Waals surface area contributed by atoms with Crippen LogP contribution >= 0.6 is 34.8 Å². The summed E-state index contributed by atoms with van der Waals surface area (Å²) < 4.78 is 5.96. The quantitative estimate of drug-likeness (QED) is 0.496. The molecule has 3 rings (SSSR count). The molecule has 5 heteroatoms. The summed E-state index contributed by atoms with van der Waals surface area (Å²) in [5.41, 5.74) is 2.76. The highest BCUT2D eigenvalue weighted by molar-refractivity contribution is 6.35. The first-order valence-corrected chi connectivity index (χ1v) is 8.90. The van der Waals surface area contributed by atoms with E-state index in [1.165, 1.54) is 0 Å². The van der Waals surface area contributed by atoms with Crippen molar-refractivity contribution < 1.29 is 4.74 Å². The van der Waals surface area contributed by atoms with Gasteiger partial charge in [0.2, 0.25) is 0 Å². The Hall–Kier alpha value is -1.87. The van der Waals surface area contributed by atoms with E-state index in [0.29, 0.717) is 28.2 Å². The molecular formula is C20H16Cl3NO. The molecule has 2 nitrogen and oxygen atoms in total. The third kappa shape index (κ3) is 4.82. The molecule has 128 valence electrons. The minimum absolute atomic E-state index is 0.411. The molecule has 0 unspecified atom stereocenters. The van der Waals surface area contributed by atoms with E-state index in [1.54, 1.807) is 18.2 Å². The van der Waals surface area contributed by atoms with E-state index in [-0.39, 0.29) is 0 Å². The Morgan fingerprint density at radius 1 is 0.760 bits per heavy atom. The van der Waals surface area contributed by atoms with Gasteiger partial charge in [-0.3, -0.25) is 0 Å². The van der Waals surface area contributed by atoms with Crippen LogP contribution in [0.15, 0.2) is 66.7 Å². The number of halogens is 3. The highest BCUT2D eigenvalue weighted by atomic mass is 35.5. The summed E-state index contributed by atoms with van der Waals surface area (Å²) in [5.74, 6) is 0.799. The van der Waals surface area contributed by atoms with Gasteiger partial charge >= 0.3 is 0 Å². The molecule has 0 aliphatic rings. The molecule has 0 heterocycles. The third-order valence-electron chi connectivity index (χ3n) is 3.71. The van der Waals surface area contributed by atoms with Crippen molar-refractivity contribution in [3.63, 3.8) is 0 Å². The van der Waals surface area contributed by atoms with Crippen molar-refractivity contribution in [3.05, 3.63) is 92.9 Å². The zero-order chi connectivity index (χ0) is 17.6. The van der Waals surface area contributed by atoms with Crippen LogP contribution in [0.4, 0.5) is 5.69 Å². The normalized spacial score (nSPS) is 10.5. The summed E-state index contributed by atoms with van der Waals surface area (Å²) in [5, 5.41) is 5.25. The molecule has 3 aromatic rings. The fourth-order valence-electron chi connectivity index (χ4n) is 2.39. The van der Waals surface area contributed by atoms with Gasteiger partial charge in [0.15, 0.2) is 0 Å². The van der Waals surface area contributed by atoms with Gasteiger partial charge < -0.3 is 10.1 Å². The average Bonchev–Trinajstić information content (AvgIpc) is 2.62. The van der Waals surface area contributed by atoms with E-state index in [1.807, 2.05) is 48.5 Å². The molecular weight excluding hydrogens is 377 g/mol.